The van der Waals surface area contributed by atoms with Crippen LogP contribution in [0.15, 0.2) is 188 Å². The number of rotatable bonds is 6. The van der Waals surface area contributed by atoms with Crippen molar-refractivity contribution in [1.29, 1.82) is 0 Å². The second kappa shape index (κ2) is 11.5. The molecule has 0 atom stereocenters. The van der Waals surface area contributed by atoms with Gasteiger partial charge in [-0.3, -0.25) is 4.40 Å². The van der Waals surface area contributed by atoms with Gasteiger partial charge in [0.1, 0.15) is 4.83 Å². The molecule has 52 heavy (non-hydrogen) atoms. The van der Waals surface area contributed by atoms with Gasteiger partial charge in [-0.2, -0.15) is 0 Å². The third kappa shape index (κ3) is 4.38. The Bertz CT molecular complexity index is 2980. The minimum Gasteiger partial charge on any atom is -0.310 e. The zero-order chi connectivity index (χ0) is 34.2. The van der Waals surface area contributed by atoms with E-state index in [0.717, 1.165) is 34.1 Å². The largest absolute Gasteiger partial charge is 0.310 e. The lowest BCUT2D eigenvalue weighted by Crippen LogP contribution is -2.09. The number of aromatic nitrogens is 1. The van der Waals surface area contributed by atoms with Gasteiger partial charge in [0.05, 0.1) is 11.0 Å². The predicted molar refractivity (Wildman–Crippen MR) is 223 cm³/mol. The van der Waals surface area contributed by atoms with Crippen molar-refractivity contribution in [2.75, 3.05) is 9.80 Å². The Morgan fingerprint density at radius 2 is 0.904 bits per heavy atom. The van der Waals surface area contributed by atoms with Crippen LogP contribution in [0, 0.1) is 0 Å². The first-order valence-electron chi connectivity index (χ1n) is 17.7. The maximum Gasteiger partial charge on any atom is 0.109 e. The van der Waals surface area contributed by atoms with Crippen molar-refractivity contribution in [2.24, 2.45) is 0 Å². The molecule has 0 aliphatic rings. The summed E-state index contributed by atoms with van der Waals surface area (Å²) in [6.45, 7) is 0. The van der Waals surface area contributed by atoms with Crippen LogP contribution in [0.5, 0.6) is 0 Å². The standard InChI is InChI=1S/C48H31N3S/c1-5-14-34(15-6-1)49(35-16-7-2-8-17-35)38-25-24-32-30-45-43(29-33(32)28-38)46-42-23-13-22-41-40-27-26-39(31-44(40)51(47(41)42)48(46)52-45)50(36-18-9-3-10-19-36)37-20-11-4-12-21-37/h1-31H. The first-order valence-corrected chi connectivity index (χ1v) is 18.5. The Morgan fingerprint density at radius 3 is 1.50 bits per heavy atom. The highest BCUT2D eigenvalue weighted by Gasteiger charge is 2.23. The first-order chi connectivity index (χ1) is 25.8. The van der Waals surface area contributed by atoms with Crippen molar-refractivity contribution >= 4 is 104 Å². The number of hydrogen-bond acceptors (Lipinski definition) is 3. The Balaban J connectivity index is 1.14. The van der Waals surface area contributed by atoms with Crippen LogP contribution < -0.4 is 9.80 Å². The average molecular weight is 682 g/mol. The van der Waals surface area contributed by atoms with Crippen molar-refractivity contribution in [1.82, 2.24) is 4.40 Å². The Morgan fingerprint density at radius 1 is 0.365 bits per heavy atom. The van der Waals surface area contributed by atoms with E-state index in [2.05, 4.69) is 202 Å². The van der Waals surface area contributed by atoms with Gasteiger partial charge in [0.25, 0.3) is 0 Å². The zero-order valence-electron chi connectivity index (χ0n) is 28.1. The molecule has 0 bridgehead atoms. The summed E-state index contributed by atoms with van der Waals surface area (Å²) in [6.07, 6.45) is 0. The van der Waals surface area contributed by atoms with Crippen molar-refractivity contribution in [3.8, 4) is 0 Å². The molecule has 3 nitrogen and oxygen atoms in total. The first kappa shape index (κ1) is 29.1. The van der Waals surface area contributed by atoms with Crippen molar-refractivity contribution in [3.63, 3.8) is 0 Å². The lowest BCUT2D eigenvalue weighted by atomic mass is 10.0. The zero-order valence-corrected chi connectivity index (χ0v) is 29.0. The molecule has 0 aliphatic heterocycles. The van der Waals surface area contributed by atoms with Crippen LogP contribution in [0.25, 0.3) is 58.3 Å². The smallest absolute Gasteiger partial charge is 0.109 e. The highest BCUT2D eigenvalue weighted by atomic mass is 32.1. The second-order valence-corrected chi connectivity index (χ2v) is 14.4. The molecule has 0 N–H and O–H groups in total. The topological polar surface area (TPSA) is 10.9 Å². The average Bonchev–Trinajstić information content (AvgIpc) is 3.85. The molecule has 0 saturated heterocycles. The molecule has 8 aromatic carbocycles. The molecule has 3 aromatic heterocycles. The Hall–Kier alpha value is -6.62. The van der Waals surface area contributed by atoms with E-state index in [-0.39, 0.29) is 0 Å². The van der Waals surface area contributed by atoms with E-state index < -0.39 is 0 Å². The molecule has 3 heterocycles. The number of nitrogens with zero attached hydrogens (tertiary/aromatic N) is 3. The summed E-state index contributed by atoms with van der Waals surface area (Å²) in [5.74, 6) is 0. The summed E-state index contributed by atoms with van der Waals surface area (Å²) in [4.78, 5) is 5.99. The maximum atomic E-state index is 2.53. The Kier molecular flexibility index (Phi) is 6.42. The summed E-state index contributed by atoms with van der Waals surface area (Å²) < 4.78 is 3.84. The number of anilines is 6. The highest BCUT2D eigenvalue weighted by Crippen LogP contribution is 2.48. The van der Waals surface area contributed by atoms with E-state index in [1.165, 1.54) is 58.3 Å². The molecule has 0 aliphatic carbocycles. The molecule has 0 fully saturated rings. The minimum atomic E-state index is 1.14. The van der Waals surface area contributed by atoms with E-state index in [1.54, 1.807) is 0 Å². The number of hydrogen-bond donors (Lipinski definition) is 0. The fourth-order valence-corrected chi connectivity index (χ4v) is 9.45. The van der Waals surface area contributed by atoms with Crippen molar-refractivity contribution in [2.45, 2.75) is 0 Å². The van der Waals surface area contributed by atoms with Crippen molar-refractivity contribution in [3.05, 3.63) is 188 Å². The molecular formula is C48H31N3S. The van der Waals surface area contributed by atoms with E-state index >= 15 is 0 Å². The van der Waals surface area contributed by atoms with Crippen molar-refractivity contribution < 1.29 is 0 Å². The van der Waals surface area contributed by atoms with E-state index in [9.17, 15) is 0 Å². The predicted octanol–water partition coefficient (Wildman–Crippen LogP) is 14.1. The number of fused-ring (bicyclic) bond motifs is 9. The summed E-state index contributed by atoms with van der Waals surface area (Å²) in [6, 6.07) is 68.1. The molecule has 11 aromatic rings. The number of para-hydroxylation sites is 5. The van der Waals surface area contributed by atoms with Gasteiger partial charge in [-0.15, -0.1) is 11.3 Å². The molecule has 0 amide bonds. The molecule has 0 unspecified atom stereocenters. The third-order valence-electron chi connectivity index (χ3n) is 10.4. The summed E-state index contributed by atoms with van der Waals surface area (Å²) in [5.41, 5.74) is 9.37. The molecule has 0 spiro atoms. The van der Waals surface area contributed by atoms with Gasteiger partial charge < -0.3 is 9.80 Å². The summed E-state index contributed by atoms with van der Waals surface area (Å²) in [7, 11) is 0. The molecule has 4 heteroatoms. The third-order valence-corrected chi connectivity index (χ3v) is 11.6. The number of benzene rings is 8. The van der Waals surface area contributed by atoms with Crippen LogP contribution in [0.4, 0.5) is 34.1 Å². The quantitative estimate of drug-likeness (QED) is 0.173. The van der Waals surface area contributed by atoms with Crippen LogP contribution in [0.2, 0.25) is 0 Å². The molecule has 0 radical (unpaired) electrons. The van der Waals surface area contributed by atoms with E-state index in [1.807, 2.05) is 11.3 Å². The molecular weight excluding hydrogens is 651 g/mol. The second-order valence-electron chi connectivity index (χ2n) is 13.4. The van der Waals surface area contributed by atoms with Crippen LogP contribution in [-0.4, -0.2) is 4.40 Å². The van der Waals surface area contributed by atoms with Gasteiger partial charge in [-0.25, -0.2) is 0 Å². The fourth-order valence-electron chi connectivity index (χ4n) is 8.18. The van der Waals surface area contributed by atoms with Gasteiger partial charge in [0.15, 0.2) is 0 Å². The van der Waals surface area contributed by atoms with Gasteiger partial charge in [0, 0.05) is 65.8 Å². The SMILES string of the molecule is c1ccc(N(c2ccccc2)c2ccc3cc4sc5c(c4cc3c2)c2cccc3c4ccc(N(c6ccccc6)c6ccccc6)cc4n5c32)cc1. The van der Waals surface area contributed by atoms with Gasteiger partial charge >= 0.3 is 0 Å². The Labute approximate surface area is 304 Å². The molecule has 0 saturated carbocycles. The van der Waals surface area contributed by atoms with Gasteiger partial charge in [0.2, 0.25) is 0 Å². The number of thiophene rings is 1. The van der Waals surface area contributed by atoms with Crippen LogP contribution in [-0.2, 0) is 0 Å². The molecule has 244 valence electrons. The van der Waals surface area contributed by atoms with Crippen LogP contribution in [0.3, 0.4) is 0 Å². The lowest BCUT2D eigenvalue weighted by molar-refractivity contribution is 1.28. The van der Waals surface area contributed by atoms with E-state index in [0.29, 0.717) is 0 Å². The van der Waals surface area contributed by atoms with Gasteiger partial charge in [-0.05, 0) is 95.7 Å². The van der Waals surface area contributed by atoms with E-state index in [4.69, 9.17) is 0 Å². The lowest BCUT2D eigenvalue weighted by Gasteiger charge is -2.25. The van der Waals surface area contributed by atoms with Gasteiger partial charge in [-0.1, -0.05) is 103 Å². The normalized spacial score (nSPS) is 11.8. The monoisotopic (exact) mass is 681 g/mol. The van der Waals surface area contributed by atoms with Crippen LogP contribution in [0.1, 0.15) is 0 Å². The molecule has 11 rings (SSSR count). The maximum absolute atomic E-state index is 2.53. The fraction of sp³-hybridized carbons (Fsp3) is 0. The summed E-state index contributed by atoms with van der Waals surface area (Å²) >= 11 is 1.90. The summed E-state index contributed by atoms with van der Waals surface area (Å²) in [5, 5.41) is 9.02. The minimum absolute atomic E-state index is 1.14. The van der Waals surface area contributed by atoms with Crippen LogP contribution >= 0.6 is 11.3 Å². The highest BCUT2D eigenvalue weighted by molar-refractivity contribution is 7.25.